The monoisotopic (exact) mass is 520 g/mol. The number of nitrogens with zero attached hydrogens (tertiary/aromatic N) is 2. The summed E-state index contributed by atoms with van der Waals surface area (Å²) in [5.41, 5.74) is 0. The first-order valence-corrected chi connectivity index (χ1v) is 16.7. The van der Waals surface area contributed by atoms with Gasteiger partial charge in [-0.15, -0.1) is 0 Å². The van der Waals surface area contributed by atoms with E-state index in [0.717, 1.165) is 22.1 Å². The van der Waals surface area contributed by atoms with E-state index in [1.807, 2.05) is 0 Å². The van der Waals surface area contributed by atoms with Crippen molar-refractivity contribution in [3.8, 4) is 0 Å². The molecule has 0 saturated carbocycles. The molecule has 0 rings (SSSR count). The van der Waals surface area contributed by atoms with Gasteiger partial charge in [0.15, 0.2) is 0 Å². The predicted octanol–water partition coefficient (Wildman–Crippen LogP) is 7.80. The van der Waals surface area contributed by atoms with Crippen LogP contribution in [-0.2, 0) is 10.1 Å². The quantitative estimate of drug-likeness (QED) is 0.0578. The van der Waals surface area contributed by atoms with Gasteiger partial charge in [0.25, 0.3) is 10.1 Å². The first-order valence-electron chi connectivity index (χ1n) is 15.1. The molecule has 1 unspecified atom stereocenters. The molecule has 0 aromatic heterocycles. The lowest BCUT2D eigenvalue weighted by molar-refractivity contribution is -1.10. The van der Waals surface area contributed by atoms with Gasteiger partial charge in [-0.2, -0.15) is 8.42 Å². The molecule has 212 valence electrons. The molecule has 0 aliphatic rings. The van der Waals surface area contributed by atoms with Gasteiger partial charge < -0.3 is 0 Å². The zero-order chi connectivity index (χ0) is 26.6. The second kappa shape index (κ2) is 19.9. The van der Waals surface area contributed by atoms with E-state index in [1.165, 1.54) is 116 Å². The molecule has 0 radical (unpaired) electrons. The number of quaternary nitrogens is 2. The zero-order valence-corrected chi connectivity index (χ0v) is 25.5. The summed E-state index contributed by atoms with van der Waals surface area (Å²) in [6.07, 6.45) is 24.4. The fourth-order valence-corrected chi connectivity index (χ4v) is 6.27. The highest BCUT2D eigenvalue weighted by molar-refractivity contribution is 7.85. The standard InChI is InChI=1S/C29H63N2O3S/c1-7-9-11-13-15-17-18-20-22-24-27-31(5,6)29(25-28-35(32,33)34)30(3,4)26-23-21-19-16-14-12-10-8-2/h29H,7-28H2,1-6H3/q+1/p+1. The maximum Gasteiger partial charge on any atom is 0.265 e. The van der Waals surface area contributed by atoms with E-state index in [1.54, 1.807) is 0 Å². The Kier molecular flexibility index (Phi) is 19.8. The summed E-state index contributed by atoms with van der Waals surface area (Å²) in [7, 11) is 5.09. The number of hydrogen-bond acceptors (Lipinski definition) is 2. The SMILES string of the molecule is CCCCCCCCCCCC[N+](C)(C)C(CCS(=O)(=O)O)[N+](C)(C)CCCCCCCCCC. The predicted molar refractivity (Wildman–Crippen MR) is 153 cm³/mol. The Morgan fingerprint density at radius 1 is 0.543 bits per heavy atom. The van der Waals surface area contributed by atoms with E-state index < -0.39 is 10.1 Å². The minimum atomic E-state index is -3.94. The number of rotatable bonds is 25. The summed E-state index contributed by atoms with van der Waals surface area (Å²) in [5.74, 6) is -0.142. The molecule has 0 saturated heterocycles. The topological polar surface area (TPSA) is 54.4 Å². The average Bonchev–Trinajstić information content (AvgIpc) is 2.75. The molecule has 0 spiro atoms. The third-order valence-corrected chi connectivity index (χ3v) is 8.68. The van der Waals surface area contributed by atoms with E-state index in [2.05, 4.69) is 42.0 Å². The van der Waals surface area contributed by atoms with E-state index in [9.17, 15) is 13.0 Å². The molecule has 1 atom stereocenters. The smallest absolute Gasteiger partial charge is 0.265 e. The molecule has 0 aromatic carbocycles. The summed E-state index contributed by atoms with van der Waals surface area (Å²) in [4.78, 5) is 0. The molecule has 1 N–H and O–H groups in total. The second-order valence-corrected chi connectivity index (χ2v) is 13.8. The van der Waals surface area contributed by atoms with Crippen molar-refractivity contribution < 1.29 is 21.9 Å². The average molecular weight is 521 g/mol. The Morgan fingerprint density at radius 3 is 1.11 bits per heavy atom. The summed E-state index contributed by atoms with van der Waals surface area (Å²) in [5, 5.41) is 0. The van der Waals surface area contributed by atoms with Gasteiger partial charge in [0.05, 0.1) is 53.5 Å². The summed E-state index contributed by atoms with van der Waals surface area (Å²) in [6.45, 7) is 6.65. The van der Waals surface area contributed by atoms with Crippen LogP contribution >= 0.6 is 0 Å². The number of unbranched alkanes of at least 4 members (excludes halogenated alkanes) is 16. The Labute approximate surface area is 221 Å². The van der Waals surface area contributed by atoms with E-state index in [-0.39, 0.29) is 11.9 Å². The van der Waals surface area contributed by atoms with E-state index in [4.69, 9.17) is 0 Å². The van der Waals surface area contributed by atoms with Gasteiger partial charge in [-0.05, 0) is 25.7 Å². The highest BCUT2D eigenvalue weighted by Crippen LogP contribution is 2.24. The molecule has 6 heteroatoms. The molecule has 0 heterocycles. The second-order valence-electron chi connectivity index (χ2n) is 12.2. The van der Waals surface area contributed by atoms with Crippen molar-refractivity contribution in [2.75, 3.05) is 47.0 Å². The largest absolute Gasteiger partial charge is 0.286 e. The Balaban J connectivity index is 4.58. The molecule has 0 fully saturated rings. The van der Waals surface area contributed by atoms with Crippen LogP contribution in [0.2, 0.25) is 0 Å². The Bertz CT molecular complexity index is 591. The van der Waals surface area contributed by atoms with Crippen molar-refractivity contribution >= 4 is 10.1 Å². The van der Waals surface area contributed by atoms with Crippen LogP contribution in [0.4, 0.5) is 0 Å². The fraction of sp³-hybridized carbons (Fsp3) is 1.00. The lowest BCUT2D eigenvalue weighted by Gasteiger charge is -2.47. The summed E-state index contributed by atoms with van der Waals surface area (Å²) < 4.78 is 34.3. The molecule has 0 aliphatic heterocycles. The fourth-order valence-electron chi connectivity index (χ4n) is 5.76. The highest BCUT2D eigenvalue weighted by atomic mass is 32.2. The maximum atomic E-state index is 11.6. The van der Waals surface area contributed by atoms with Crippen LogP contribution in [0.15, 0.2) is 0 Å². The van der Waals surface area contributed by atoms with Gasteiger partial charge in [-0.1, -0.05) is 104 Å². The van der Waals surface area contributed by atoms with Crippen LogP contribution in [0.1, 0.15) is 136 Å². The molecule has 0 amide bonds. The van der Waals surface area contributed by atoms with Crippen molar-refractivity contribution in [1.82, 2.24) is 0 Å². The van der Waals surface area contributed by atoms with Crippen LogP contribution in [0.5, 0.6) is 0 Å². The lowest BCUT2D eigenvalue weighted by atomic mass is 10.1. The maximum absolute atomic E-state index is 11.6. The molecule has 0 bridgehead atoms. The van der Waals surface area contributed by atoms with Crippen LogP contribution in [0, 0.1) is 0 Å². The molecule has 5 nitrogen and oxygen atoms in total. The molecule has 0 aliphatic carbocycles. The first kappa shape index (κ1) is 34.8. The van der Waals surface area contributed by atoms with Crippen molar-refractivity contribution in [3.63, 3.8) is 0 Å². The highest BCUT2D eigenvalue weighted by Gasteiger charge is 2.41. The Hall–Kier alpha value is -0.170. The molecular weight excluding hydrogens is 456 g/mol. The molecule has 35 heavy (non-hydrogen) atoms. The minimum Gasteiger partial charge on any atom is -0.286 e. The van der Waals surface area contributed by atoms with E-state index >= 15 is 0 Å². The zero-order valence-electron chi connectivity index (χ0n) is 24.7. The van der Waals surface area contributed by atoms with Crippen LogP contribution in [-0.4, -0.2) is 75.1 Å². The van der Waals surface area contributed by atoms with Crippen LogP contribution < -0.4 is 0 Å². The third-order valence-electron chi connectivity index (χ3n) is 7.92. The molecule has 0 aromatic rings. The summed E-state index contributed by atoms with van der Waals surface area (Å²) >= 11 is 0. The number of hydrogen-bond donors (Lipinski definition) is 1. The lowest BCUT2D eigenvalue weighted by Crippen LogP contribution is -2.65. The van der Waals surface area contributed by atoms with Gasteiger partial charge in [0, 0.05) is 0 Å². The van der Waals surface area contributed by atoms with Gasteiger partial charge in [-0.3, -0.25) is 13.5 Å². The van der Waals surface area contributed by atoms with Gasteiger partial charge >= 0.3 is 0 Å². The van der Waals surface area contributed by atoms with Gasteiger partial charge in [0.2, 0.25) is 6.17 Å². The van der Waals surface area contributed by atoms with Crippen LogP contribution in [0.25, 0.3) is 0 Å². The third kappa shape index (κ3) is 19.6. The van der Waals surface area contributed by atoms with Crippen molar-refractivity contribution in [2.24, 2.45) is 0 Å². The Morgan fingerprint density at radius 2 is 0.829 bits per heavy atom. The first-order chi connectivity index (χ1) is 16.5. The van der Waals surface area contributed by atoms with Crippen molar-refractivity contribution in [3.05, 3.63) is 0 Å². The minimum absolute atomic E-state index is 0.142. The van der Waals surface area contributed by atoms with E-state index in [0.29, 0.717) is 6.42 Å². The molecular formula is C29H64N2O3S+2. The van der Waals surface area contributed by atoms with Gasteiger partial charge in [0.1, 0.15) is 0 Å². The van der Waals surface area contributed by atoms with Crippen molar-refractivity contribution in [1.29, 1.82) is 0 Å². The van der Waals surface area contributed by atoms with Crippen molar-refractivity contribution in [2.45, 2.75) is 142 Å². The van der Waals surface area contributed by atoms with Crippen LogP contribution in [0.3, 0.4) is 0 Å². The van der Waals surface area contributed by atoms with Gasteiger partial charge in [-0.25, -0.2) is 0 Å². The summed E-state index contributed by atoms with van der Waals surface area (Å²) in [6, 6.07) is 0. The normalized spacial score (nSPS) is 13.9.